The molecule has 0 radical (unpaired) electrons. The fourth-order valence-corrected chi connectivity index (χ4v) is 2.90. The maximum atomic E-state index is 12.0. The molecule has 1 N–H and O–H groups in total. The molecule has 1 fully saturated rings. The minimum absolute atomic E-state index is 0.205. The van der Waals surface area contributed by atoms with Crippen molar-refractivity contribution >= 4 is 29.3 Å². The number of hydrogen-bond donors (Lipinski definition) is 1. The molecule has 4 nitrogen and oxygen atoms in total. The molecule has 1 aromatic heterocycles. The highest BCUT2D eigenvalue weighted by atomic mass is 32.1. The molecule has 2 unspecified atom stereocenters. The van der Waals surface area contributed by atoms with Crippen molar-refractivity contribution in [2.45, 2.75) is 19.9 Å². The summed E-state index contributed by atoms with van der Waals surface area (Å²) in [6.07, 6.45) is 3.68. The molecule has 0 aliphatic heterocycles. The Balaban J connectivity index is 1.92. The number of aliphatic carboxylic acids is 1. The predicted molar refractivity (Wildman–Crippen MR) is 74.7 cm³/mol. The number of amides is 1. The molecular formula is C14H17NO3S. The van der Waals surface area contributed by atoms with Gasteiger partial charge in [0.1, 0.15) is 0 Å². The lowest BCUT2D eigenvalue weighted by Gasteiger charge is -2.15. The molecule has 1 heterocycles. The Labute approximate surface area is 116 Å². The molecule has 0 saturated heterocycles. The Morgan fingerprint density at radius 3 is 2.84 bits per heavy atom. The summed E-state index contributed by atoms with van der Waals surface area (Å²) in [6, 6.07) is 1.92. The highest BCUT2D eigenvalue weighted by Gasteiger charge is 2.40. The SMILES string of the molecule is CC1CC1C(=O)N(C)Cc1cc(/C=C/C(=O)O)cs1. The van der Waals surface area contributed by atoms with Gasteiger partial charge in [0.05, 0.1) is 6.54 Å². The Bertz CT molecular complexity index is 521. The lowest BCUT2D eigenvalue weighted by atomic mass is 10.2. The third-order valence-electron chi connectivity index (χ3n) is 3.29. The Hall–Kier alpha value is -1.62. The van der Waals surface area contributed by atoms with Crippen molar-refractivity contribution in [3.8, 4) is 0 Å². The van der Waals surface area contributed by atoms with E-state index in [9.17, 15) is 9.59 Å². The summed E-state index contributed by atoms with van der Waals surface area (Å²) in [7, 11) is 1.82. The molecule has 1 saturated carbocycles. The van der Waals surface area contributed by atoms with Crippen LogP contribution in [0.15, 0.2) is 17.5 Å². The molecule has 0 spiro atoms. The van der Waals surface area contributed by atoms with Crippen LogP contribution in [-0.2, 0) is 16.1 Å². The Morgan fingerprint density at radius 1 is 1.58 bits per heavy atom. The molecule has 102 valence electrons. The van der Waals surface area contributed by atoms with Crippen molar-refractivity contribution < 1.29 is 14.7 Å². The summed E-state index contributed by atoms with van der Waals surface area (Å²) in [5.74, 6) is -0.0185. The van der Waals surface area contributed by atoms with Crippen molar-refractivity contribution in [3.63, 3.8) is 0 Å². The van der Waals surface area contributed by atoms with Crippen LogP contribution in [0.5, 0.6) is 0 Å². The van der Waals surface area contributed by atoms with Crippen LogP contribution in [0.25, 0.3) is 6.08 Å². The first-order valence-corrected chi connectivity index (χ1v) is 7.08. The Morgan fingerprint density at radius 2 is 2.26 bits per heavy atom. The normalized spacial score (nSPS) is 21.6. The average molecular weight is 279 g/mol. The zero-order valence-electron chi connectivity index (χ0n) is 11.0. The van der Waals surface area contributed by atoms with Gasteiger partial charge in [-0.05, 0) is 35.4 Å². The number of carboxylic acids is 1. The number of carboxylic acid groups (broad SMARTS) is 1. The van der Waals surface area contributed by atoms with Crippen LogP contribution in [0.2, 0.25) is 0 Å². The summed E-state index contributed by atoms with van der Waals surface area (Å²) in [5, 5.41) is 10.5. The number of carbonyl (C=O) groups is 2. The molecule has 0 aromatic carbocycles. The summed E-state index contributed by atoms with van der Waals surface area (Å²) in [4.78, 5) is 25.2. The van der Waals surface area contributed by atoms with Crippen molar-refractivity contribution in [3.05, 3.63) is 28.0 Å². The summed E-state index contributed by atoms with van der Waals surface area (Å²) in [6.45, 7) is 2.68. The number of thiophene rings is 1. The van der Waals surface area contributed by atoms with Gasteiger partial charge in [0.25, 0.3) is 0 Å². The summed E-state index contributed by atoms with van der Waals surface area (Å²) in [5.41, 5.74) is 0.864. The molecule has 1 aliphatic carbocycles. The van der Waals surface area contributed by atoms with E-state index in [1.165, 1.54) is 0 Å². The first-order chi connectivity index (χ1) is 8.97. The van der Waals surface area contributed by atoms with Gasteiger partial charge in [-0.3, -0.25) is 4.79 Å². The van der Waals surface area contributed by atoms with Crippen LogP contribution in [0.3, 0.4) is 0 Å². The van der Waals surface area contributed by atoms with E-state index in [0.717, 1.165) is 22.9 Å². The molecule has 1 aromatic rings. The lowest BCUT2D eigenvalue weighted by Crippen LogP contribution is -2.27. The van der Waals surface area contributed by atoms with Gasteiger partial charge < -0.3 is 10.0 Å². The summed E-state index contributed by atoms with van der Waals surface area (Å²) < 4.78 is 0. The maximum Gasteiger partial charge on any atom is 0.328 e. The molecule has 5 heteroatoms. The van der Waals surface area contributed by atoms with Crippen LogP contribution in [0.1, 0.15) is 23.8 Å². The smallest absolute Gasteiger partial charge is 0.328 e. The van der Waals surface area contributed by atoms with E-state index in [0.29, 0.717) is 12.5 Å². The zero-order chi connectivity index (χ0) is 14.0. The van der Waals surface area contributed by atoms with Gasteiger partial charge in [0, 0.05) is 23.9 Å². The third-order valence-corrected chi connectivity index (χ3v) is 4.23. The fraction of sp³-hybridized carbons (Fsp3) is 0.429. The molecule has 19 heavy (non-hydrogen) atoms. The number of rotatable bonds is 5. The van der Waals surface area contributed by atoms with Crippen LogP contribution >= 0.6 is 11.3 Å². The quantitative estimate of drug-likeness (QED) is 0.842. The van der Waals surface area contributed by atoms with Crippen molar-refractivity contribution in [1.82, 2.24) is 4.90 Å². The molecule has 2 atom stereocenters. The standard InChI is InChI=1S/C14H17NO3S/c1-9-5-12(9)14(18)15(2)7-11-6-10(8-19-11)3-4-13(16)17/h3-4,6,8-9,12H,5,7H2,1-2H3,(H,16,17)/b4-3+. The minimum Gasteiger partial charge on any atom is -0.478 e. The van der Waals surface area contributed by atoms with Crippen molar-refractivity contribution in [2.75, 3.05) is 7.05 Å². The highest BCUT2D eigenvalue weighted by Crippen LogP contribution is 2.39. The van der Waals surface area contributed by atoms with Gasteiger partial charge in [-0.2, -0.15) is 0 Å². The number of nitrogens with zero attached hydrogens (tertiary/aromatic N) is 1. The highest BCUT2D eigenvalue weighted by molar-refractivity contribution is 7.10. The van der Waals surface area contributed by atoms with Crippen LogP contribution in [0.4, 0.5) is 0 Å². The van der Waals surface area contributed by atoms with E-state index < -0.39 is 5.97 Å². The van der Waals surface area contributed by atoms with E-state index in [-0.39, 0.29) is 11.8 Å². The first-order valence-electron chi connectivity index (χ1n) is 6.20. The lowest BCUT2D eigenvalue weighted by molar-refractivity contribution is -0.132. The van der Waals surface area contributed by atoms with Crippen LogP contribution in [0, 0.1) is 11.8 Å². The Kier molecular flexibility index (Phi) is 4.04. The minimum atomic E-state index is -0.956. The van der Waals surface area contributed by atoms with Crippen LogP contribution in [-0.4, -0.2) is 28.9 Å². The zero-order valence-corrected chi connectivity index (χ0v) is 11.8. The molecule has 1 amide bonds. The molecular weight excluding hydrogens is 262 g/mol. The molecule has 0 bridgehead atoms. The second-order valence-electron chi connectivity index (χ2n) is 5.03. The van der Waals surface area contributed by atoms with E-state index in [2.05, 4.69) is 6.92 Å². The van der Waals surface area contributed by atoms with E-state index >= 15 is 0 Å². The van der Waals surface area contributed by atoms with Gasteiger partial charge in [-0.1, -0.05) is 6.92 Å². The first kappa shape index (κ1) is 13.8. The van der Waals surface area contributed by atoms with Gasteiger partial charge in [-0.15, -0.1) is 11.3 Å². The van der Waals surface area contributed by atoms with E-state index in [1.54, 1.807) is 22.3 Å². The largest absolute Gasteiger partial charge is 0.478 e. The average Bonchev–Trinajstić information content (AvgIpc) is 2.90. The fourth-order valence-electron chi connectivity index (χ4n) is 2.00. The number of hydrogen-bond acceptors (Lipinski definition) is 3. The van der Waals surface area contributed by atoms with Crippen LogP contribution < -0.4 is 0 Å². The second kappa shape index (κ2) is 5.57. The maximum absolute atomic E-state index is 12.0. The topological polar surface area (TPSA) is 57.6 Å². The van der Waals surface area contributed by atoms with Gasteiger partial charge in [0.2, 0.25) is 5.91 Å². The molecule has 1 aliphatic rings. The van der Waals surface area contributed by atoms with E-state index in [1.807, 2.05) is 18.5 Å². The second-order valence-corrected chi connectivity index (χ2v) is 6.03. The third kappa shape index (κ3) is 3.67. The van der Waals surface area contributed by atoms with Gasteiger partial charge in [0.15, 0.2) is 0 Å². The van der Waals surface area contributed by atoms with Crippen molar-refractivity contribution in [1.29, 1.82) is 0 Å². The predicted octanol–water partition coefficient (Wildman–Crippen LogP) is 2.46. The molecule has 2 rings (SSSR count). The monoisotopic (exact) mass is 279 g/mol. The number of carbonyl (C=O) groups excluding carboxylic acids is 1. The van der Waals surface area contributed by atoms with Crippen molar-refractivity contribution in [2.24, 2.45) is 11.8 Å². The van der Waals surface area contributed by atoms with E-state index in [4.69, 9.17) is 5.11 Å². The summed E-state index contributed by atoms with van der Waals surface area (Å²) >= 11 is 1.54. The van der Waals surface area contributed by atoms with Gasteiger partial charge in [-0.25, -0.2) is 4.79 Å². The van der Waals surface area contributed by atoms with Gasteiger partial charge >= 0.3 is 5.97 Å².